The smallest absolute Gasteiger partial charge is 0.319 e. The molecule has 0 atom stereocenters. The molecule has 2 amide bonds. The van der Waals surface area contributed by atoms with Gasteiger partial charge in [-0.1, -0.05) is 12.1 Å². The van der Waals surface area contributed by atoms with Crippen molar-refractivity contribution in [3.63, 3.8) is 0 Å². The Bertz CT molecular complexity index is 1480. The number of alkyl halides is 3. The average molecular weight is 463 g/mol. The fourth-order valence-corrected chi connectivity index (χ4v) is 3.89. The molecule has 1 aliphatic heterocycles. The second-order valence-electron chi connectivity index (χ2n) is 7.85. The maximum absolute atomic E-state index is 13.0. The molecule has 1 aliphatic rings. The van der Waals surface area contributed by atoms with Crippen LogP contribution in [-0.4, -0.2) is 26.8 Å². The van der Waals surface area contributed by atoms with Crippen LogP contribution in [0, 0.1) is 6.92 Å². The maximum Gasteiger partial charge on any atom is 0.416 e. The number of aromatic nitrogens is 3. The Labute approximate surface area is 191 Å². The quantitative estimate of drug-likeness (QED) is 0.456. The van der Waals surface area contributed by atoms with Gasteiger partial charge in [-0.15, -0.1) is 0 Å². The minimum absolute atomic E-state index is 0.0992. The van der Waals surface area contributed by atoms with E-state index >= 15 is 0 Å². The molecular formula is C24H16F3N5O2. The summed E-state index contributed by atoms with van der Waals surface area (Å²) in [6, 6.07) is 8.90. The van der Waals surface area contributed by atoms with Crippen molar-refractivity contribution in [1.82, 2.24) is 15.0 Å². The van der Waals surface area contributed by atoms with E-state index in [1.54, 1.807) is 12.3 Å². The molecule has 10 heteroatoms. The van der Waals surface area contributed by atoms with E-state index in [-0.39, 0.29) is 18.0 Å². The molecule has 5 rings (SSSR count). The summed E-state index contributed by atoms with van der Waals surface area (Å²) in [6.45, 7) is 1.81. The normalized spacial score (nSPS) is 13.0. The third-order valence-corrected chi connectivity index (χ3v) is 5.57. The van der Waals surface area contributed by atoms with E-state index in [0.717, 1.165) is 39.7 Å². The molecule has 4 heterocycles. The molecule has 3 aromatic heterocycles. The SMILES string of the molecule is Cc1ncc(NC(=O)c2cc(C(F)(F)F)ccn2)cc1-c1ccc2c3c(ncc2c1)NC(=O)C3. The van der Waals surface area contributed by atoms with E-state index in [1.165, 1.54) is 6.20 Å². The van der Waals surface area contributed by atoms with Gasteiger partial charge in [0.2, 0.25) is 5.91 Å². The average Bonchev–Trinajstić information content (AvgIpc) is 3.20. The van der Waals surface area contributed by atoms with Crippen LogP contribution in [0.5, 0.6) is 0 Å². The molecule has 4 aromatic rings. The predicted octanol–water partition coefficient (Wildman–Crippen LogP) is 4.77. The molecule has 0 fully saturated rings. The number of amides is 2. The van der Waals surface area contributed by atoms with Crippen molar-refractivity contribution in [3.8, 4) is 11.1 Å². The molecular weight excluding hydrogens is 447 g/mol. The Morgan fingerprint density at radius 3 is 2.68 bits per heavy atom. The second-order valence-corrected chi connectivity index (χ2v) is 7.85. The van der Waals surface area contributed by atoms with Crippen molar-refractivity contribution in [3.05, 3.63) is 77.5 Å². The molecule has 0 saturated heterocycles. The molecule has 34 heavy (non-hydrogen) atoms. The topological polar surface area (TPSA) is 96.9 Å². The lowest BCUT2D eigenvalue weighted by atomic mass is 9.98. The zero-order valence-corrected chi connectivity index (χ0v) is 17.7. The Kier molecular flexibility index (Phi) is 5.00. The van der Waals surface area contributed by atoms with E-state index in [0.29, 0.717) is 23.3 Å². The first-order valence-corrected chi connectivity index (χ1v) is 10.2. The first-order valence-electron chi connectivity index (χ1n) is 10.2. The number of nitrogens with one attached hydrogen (secondary N) is 2. The summed E-state index contributed by atoms with van der Waals surface area (Å²) < 4.78 is 38.9. The molecule has 0 spiro atoms. The summed E-state index contributed by atoms with van der Waals surface area (Å²) in [5.41, 5.74) is 2.08. The molecule has 170 valence electrons. The van der Waals surface area contributed by atoms with E-state index < -0.39 is 17.6 Å². The summed E-state index contributed by atoms with van der Waals surface area (Å²) in [4.78, 5) is 36.6. The van der Waals surface area contributed by atoms with Gasteiger partial charge in [-0.2, -0.15) is 13.2 Å². The highest BCUT2D eigenvalue weighted by Crippen LogP contribution is 2.33. The lowest BCUT2D eigenvalue weighted by Gasteiger charge is -2.12. The first-order chi connectivity index (χ1) is 16.2. The van der Waals surface area contributed by atoms with Crippen molar-refractivity contribution in [2.24, 2.45) is 0 Å². The summed E-state index contributed by atoms with van der Waals surface area (Å²) in [6.07, 6.45) is -0.261. The van der Waals surface area contributed by atoms with Gasteiger partial charge >= 0.3 is 6.18 Å². The number of halogens is 3. The van der Waals surface area contributed by atoms with Gasteiger partial charge in [-0.3, -0.25) is 19.6 Å². The number of pyridine rings is 3. The molecule has 1 aromatic carbocycles. The number of nitrogens with zero attached hydrogens (tertiary/aromatic N) is 3. The van der Waals surface area contributed by atoms with Crippen molar-refractivity contribution in [2.75, 3.05) is 10.6 Å². The monoisotopic (exact) mass is 463 g/mol. The van der Waals surface area contributed by atoms with Gasteiger partial charge in [0.1, 0.15) is 11.5 Å². The summed E-state index contributed by atoms with van der Waals surface area (Å²) >= 11 is 0. The first kappa shape index (κ1) is 21.5. The molecule has 0 aliphatic carbocycles. The minimum atomic E-state index is -4.58. The van der Waals surface area contributed by atoms with Gasteiger partial charge < -0.3 is 10.6 Å². The minimum Gasteiger partial charge on any atom is -0.319 e. The summed E-state index contributed by atoms with van der Waals surface area (Å²) in [7, 11) is 0. The van der Waals surface area contributed by atoms with E-state index in [9.17, 15) is 22.8 Å². The Balaban J connectivity index is 1.45. The number of hydrogen-bond donors (Lipinski definition) is 2. The van der Waals surface area contributed by atoms with Crippen LogP contribution in [0.1, 0.15) is 27.3 Å². The van der Waals surface area contributed by atoms with Crippen molar-refractivity contribution < 1.29 is 22.8 Å². The fourth-order valence-electron chi connectivity index (χ4n) is 3.89. The molecule has 0 radical (unpaired) electrons. The number of carbonyl (C=O) groups excluding carboxylic acids is 2. The van der Waals surface area contributed by atoms with Crippen LogP contribution in [-0.2, 0) is 17.4 Å². The number of hydrogen-bond acceptors (Lipinski definition) is 5. The van der Waals surface area contributed by atoms with Gasteiger partial charge in [0.15, 0.2) is 0 Å². The fraction of sp³-hybridized carbons (Fsp3) is 0.125. The number of benzene rings is 1. The zero-order chi connectivity index (χ0) is 24.0. The van der Waals surface area contributed by atoms with Crippen LogP contribution in [0.3, 0.4) is 0 Å². The Morgan fingerprint density at radius 1 is 1.06 bits per heavy atom. The van der Waals surface area contributed by atoms with E-state index in [2.05, 4.69) is 25.6 Å². The van der Waals surface area contributed by atoms with E-state index in [4.69, 9.17) is 0 Å². The molecule has 2 N–H and O–H groups in total. The Morgan fingerprint density at radius 2 is 1.88 bits per heavy atom. The number of fused-ring (bicyclic) bond motifs is 3. The highest BCUT2D eigenvalue weighted by molar-refractivity contribution is 6.05. The maximum atomic E-state index is 13.0. The van der Waals surface area contributed by atoms with Crippen LogP contribution < -0.4 is 10.6 Å². The molecule has 7 nitrogen and oxygen atoms in total. The van der Waals surface area contributed by atoms with Crippen LogP contribution in [0.15, 0.2) is 55.0 Å². The summed E-state index contributed by atoms with van der Waals surface area (Å²) in [5, 5.41) is 7.05. The Hall–Kier alpha value is -4.34. The number of anilines is 2. The van der Waals surface area contributed by atoms with Gasteiger partial charge in [0, 0.05) is 34.6 Å². The van der Waals surface area contributed by atoms with Gasteiger partial charge in [-0.05, 0) is 42.1 Å². The molecule has 0 bridgehead atoms. The zero-order valence-electron chi connectivity index (χ0n) is 17.7. The van der Waals surface area contributed by atoms with Crippen LogP contribution in [0.2, 0.25) is 0 Å². The second kappa shape index (κ2) is 7.91. The summed E-state index contributed by atoms with van der Waals surface area (Å²) in [5.74, 6) is -0.313. The van der Waals surface area contributed by atoms with E-state index in [1.807, 2.05) is 25.1 Å². The highest BCUT2D eigenvalue weighted by atomic mass is 19.4. The van der Waals surface area contributed by atoms with Gasteiger partial charge in [0.25, 0.3) is 5.91 Å². The third kappa shape index (κ3) is 3.94. The van der Waals surface area contributed by atoms with Crippen molar-refractivity contribution in [1.29, 1.82) is 0 Å². The molecule has 0 saturated carbocycles. The molecule has 0 unspecified atom stereocenters. The largest absolute Gasteiger partial charge is 0.416 e. The lowest BCUT2D eigenvalue weighted by Crippen LogP contribution is -2.16. The standard InChI is InChI=1S/C24H16F3N5O2/c1-12-18(13-2-3-17-14(6-13)10-30-22-19(17)9-21(33)32-22)8-16(11-29-12)31-23(34)20-7-15(4-5-28-20)24(25,26)27/h2-8,10-11H,9H2,1H3,(H,31,34)(H,30,32,33). The van der Waals surface area contributed by atoms with Crippen LogP contribution >= 0.6 is 0 Å². The van der Waals surface area contributed by atoms with Crippen LogP contribution in [0.25, 0.3) is 21.9 Å². The predicted molar refractivity (Wildman–Crippen MR) is 119 cm³/mol. The van der Waals surface area contributed by atoms with Gasteiger partial charge in [-0.25, -0.2) is 4.98 Å². The van der Waals surface area contributed by atoms with Crippen molar-refractivity contribution in [2.45, 2.75) is 19.5 Å². The third-order valence-electron chi connectivity index (χ3n) is 5.57. The van der Waals surface area contributed by atoms with Gasteiger partial charge in [0.05, 0.1) is 23.9 Å². The number of aryl methyl sites for hydroxylation is 1. The number of carbonyl (C=O) groups is 2. The van der Waals surface area contributed by atoms with Crippen LogP contribution in [0.4, 0.5) is 24.7 Å². The lowest BCUT2D eigenvalue weighted by molar-refractivity contribution is -0.137. The van der Waals surface area contributed by atoms with Crippen molar-refractivity contribution >= 4 is 34.1 Å². The highest BCUT2D eigenvalue weighted by Gasteiger charge is 2.31. The number of rotatable bonds is 3.